The van der Waals surface area contributed by atoms with Crippen LogP contribution < -0.4 is 38.9 Å². The first-order chi connectivity index (χ1) is 23.0. The van der Waals surface area contributed by atoms with Crippen molar-refractivity contribution in [2.24, 2.45) is 33.8 Å². The van der Waals surface area contributed by atoms with Gasteiger partial charge in [-0.15, -0.1) is 0 Å². The Morgan fingerprint density at radius 1 is 0.837 bits per heavy atom. The van der Waals surface area contributed by atoms with Gasteiger partial charge in [0.15, 0.2) is 5.96 Å². The van der Waals surface area contributed by atoms with Crippen LogP contribution in [0.1, 0.15) is 50.2 Å². The molecule has 0 fully saturated rings. The number of carboxylic acid groups (broad SMARTS) is 1. The van der Waals surface area contributed by atoms with E-state index >= 15 is 0 Å². The third kappa shape index (κ3) is 16.1. The van der Waals surface area contributed by atoms with E-state index in [0.29, 0.717) is 29.7 Å². The summed E-state index contributed by atoms with van der Waals surface area (Å²) in [6.45, 7) is 2.19. The number of alkyl halides is 3. The number of amides is 4. The molecule has 15 nitrogen and oxygen atoms in total. The van der Waals surface area contributed by atoms with Gasteiger partial charge in [-0.2, -0.15) is 13.2 Å². The molecule has 0 aliphatic rings. The van der Waals surface area contributed by atoms with Crippen molar-refractivity contribution < 1.29 is 42.3 Å². The summed E-state index contributed by atoms with van der Waals surface area (Å²) in [5.41, 5.74) is 23.4. The molecule has 0 spiro atoms. The second-order valence-corrected chi connectivity index (χ2v) is 10.6. The molecule has 2 rings (SSSR count). The summed E-state index contributed by atoms with van der Waals surface area (Å²) in [6.07, 6.45) is -2.82. The molecule has 0 saturated heterocycles. The first-order valence-electron chi connectivity index (χ1n) is 15.0. The fourth-order valence-electron chi connectivity index (χ4n) is 4.12. The number of unbranched alkanes of at least 4 members (excludes halogenated alkanes) is 1. The molecule has 4 amide bonds. The number of aliphatic imine (C=N–C) groups is 1. The van der Waals surface area contributed by atoms with Gasteiger partial charge >= 0.3 is 12.1 Å². The highest BCUT2D eigenvalue weighted by Crippen LogP contribution is 2.16. The zero-order valence-corrected chi connectivity index (χ0v) is 26.8. The Morgan fingerprint density at radius 2 is 1.39 bits per heavy atom. The van der Waals surface area contributed by atoms with Crippen molar-refractivity contribution in [1.29, 1.82) is 5.41 Å². The van der Waals surface area contributed by atoms with Crippen LogP contribution in [0.25, 0.3) is 0 Å². The number of nitrogens with two attached hydrogens (primary N) is 4. The number of nitrogens with zero attached hydrogens (tertiary/aromatic N) is 1. The second-order valence-electron chi connectivity index (χ2n) is 10.6. The smallest absolute Gasteiger partial charge is 0.475 e. The summed E-state index contributed by atoms with van der Waals surface area (Å²) in [5, 5.41) is 22.8. The highest BCUT2D eigenvalue weighted by molar-refractivity contribution is 6.07. The molecule has 49 heavy (non-hydrogen) atoms. The number of amidine groups is 1. The summed E-state index contributed by atoms with van der Waals surface area (Å²) >= 11 is 0. The van der Waals surface area contributed by atoms with Crippen LogP contribution >= 0.6 is 0 Å². The number of rotatable bonds is 17. The van der Waals surface area contributed by atoms with Gasteiger partial charge in [-0.25, -0.2) is 4.79 Å². The minimum atomic E-state index is -5.08. The minimum Gasteiger partial charge on any atom is -0.475 e. The van der Waals surface area contributed by atoms with Crippen LogP contribution in [0, 0.1) is 11.3 Å². The van der Waals surface area contributed by atoms with Crippen LogP contribution in [0.5, 0.6) is 0 Å². The number of guanidine groups is 1. The number of nitrogens with one attached hydrogen (secondary N) is 4. The lowest BCUT2D eigenvalue weighted by atomic mass is 9.95. The molecule has 0 aliphatic heterocycles. The topological polar surface area (TPSA) is 282 Å². The number of aliphatic carboxylic acids is 1. The first-order valence-corrected chi connectivity index (χ1v) is 15.0. The van der Waals surface area contributed by atoms with E-state index in [1.54, 1.807) is 54.6 Å². The SMILES string of the molecule is CCCC[C@H](NC(=O)C(Cc1ccc(C(=N)N)cc1)C(=O)Nc1ccccc1)C(=O)N[C@@H](CCCN=C(N)N)C(N)=O.O=C(O)C(F)(F)F. The third-order valence-electron chi connectivity index (χ3n) is 6.71. The number of hydrogen-bond acceptors (Lipinski definition) is 7. The van der Waals surface area contributed by atoms with E-state index in [2.05, 4.69) is 20.9 Å². The molecule has 0 radical (unpaired) electrons. The fraction of sp³-hybridized carbons (Fsp3) is 0.387. The van der Waals surface area contributed by atoms with E-state index in [9.17, 15) is 32.3 Å². The molecule has 2 aromatic rings. The van der Waals surface area contributed by atoms with Gasteiger partial charge < -0.3 is 44.0 Å². The van der Waals surface area contributed by atoms with E-state index in [0.717, 1.165) is 6.42 Å². The highest BCUT2D eigenvalue weighted by Gasteiger charge is 2.38. The summed E-state index contributed by atoms with van der Waals surface area (Å²) < 4.78 is 31.7. The predicted molar refractivity (Wildman–Crippen MR) is 176 cm³/mol. The number of carboxylic acids is 1. The Hall–Kier alpha value is -5.68. The maximum atomic E-state index is 13.6. The number of hydrogen-bond donors (Lipinski definition) is 9. The van der Waals surface area contributed by atoms with Crippen molar-refractivity contribution in [2.45, 2.75) is 63.7 Å². The number of halogens is 3. The van der Waals surface area contributed by atoms with Crippen LogP contribution in [0.15, 0.2) is 59.6 Å². The van der Waals surface area contributed by atoms with Gasteiger partial charge in [0.25, 0.3) is 0 Å². The van der Waals surface area contributed by atoms with Crippen LogP contribution in [0.4, 0.5) is 18.9 Å². The lowest BCUT2D eigenvalue weighted by Crippen LogP contribution is -2.54. The number of nitrogen functional groups attached to an aromatic ring is 1. The van der Waals surface area contributed by atoms with Gasteiger partial charge in [-0.05, 0) is 43.4 Å². The van der Waals surface area contributed by atoms with E-state index < -0.39 is 53.8 Å². The van der Waals surface area contributed by atoms with Crippen molar-refractivity contribution in [3.8, 4) is 0 Å². The first kappa shape index (κ1) is 41.3. The van der Waals surface area contributed by atoms with Gasteiger partial charge in [0.2, 0.25) is 23.6 Å². The van der Waals surface area contributed by atoms with Gasteiger partial charge in [-0.3, -0.25) is 29.6 Å². The average molecular weight is 694 g/mol. The Morgan fingerprint density at radius 3 is 1.88 bits per heavy atom. The highest BCUT2D eigenvalue weighted by atomic mass is 19.4. The van der Waals surface area contributed by atoms with Crippen molar-refractivity contribution in [1.82, 2.24) is 10.6 Å². The Kier molecular flexibility index (Phi) is 17.3. The molecule has 13 N–H and O–H groups in total. The Labute approximate surface area is 280 Å². The molecule has 0 aliphatic carbocycles. The van der Waals surface area contributed by atoms with E-state index in [4.69, 9.17) is 38.2 Å². The largest absolute Gasteiger partial charge is 0.490 e. The van der Waals surface area contributed by atoms with E-state index in [1.807, 2.05) is 6.92 Å². The number of carbonyl (C=O) groups is 5. The number of anilines is 1. The van der Waals surface area contributed by atoms with Gasteiger partial charge in [-0.1, -0.05) is 62.2 Å². The maximum absolute atomic E-state index is 13.6. The predicted octanol–water partition coefficient (Wildman–Crippen LogP) is 1.10. The second kappa shape index (κ2) is 20.5. The van der Waals surface area contributed by atoms with E-state index in [1.165, 1.54) is 0 Å². The van der Waals surface area contributed by atoms with Crippen LogP contribution in [0.3, 0.4) is 0 Å². The minimum absolute atomic E-state index is 0.0273. The molecule has 0 saturated carbocycles. The van der Waals surface area contributed by atoms with Gasteiger partial charge in [0, 0.05) is 17.8 Å². The molecular weight excluding hydrogens is 651 g/mol. The van der Waals surface area contributed by atoms with Crippen LogP contribution in [-0.4, -0.2) is 71.3 Å². The van der Waals surface area contributed by atoms with Crippen molar-refractivity contribution in [3.63, 3.8) is 0 Å². The number of para-hydroxylation sites is 1. The molecule has 0 aromatic heterocycles. The maximum Gasteiger partial charge on any atom is 0.490 e. The Bertz CT molecular complexity index is 1450. The normalized spacial score (nSPS) is 12.5. The van der Waals surface area contributed by atoms with E-state index in [-0.39, 0.29) is 37.6 Å². The van der Waals surface area contributed by atoms with Crippen LogP contribution in [-0.2, 0) is 30.4 Å². The number of primary amides is 1. The molecule has 2 aromatic carbocycles. The van der Waals surface area contributed by atoms with Crippen molar-refractivity contribution in [2.75, 3.05) is 11.9 Å². The summed E-state index contributed by atoms with van der Waals surface area (Å²) in [7, 11) is 0. The quantitative estimate of drug-likeness (QED) is 0.0496. The Balaban J connectivity index is 0.00000154. The molecule has 18 heteroatoms. The fourth-order valence-corrected chi connectivity index (χ4v) is 4.12. The standard InChI is InChI=1S/C29H41N9O4.C2HF3O2/c1-2-3-10-23(28(42)37-22(25(32)39)11-7-16-35-29(33)34)38-27(41)21(26(40)36-20-8-5-4-6-9-20)17-18-12-14-19(15-13-18)24(30)31;3-2(4,5)1(6)7/h4-6,8-9,12-15,21-23H,2-3,7,10-11,16-17H2,1H3,(H3,30,31)(H2,32,39)(H,36,40)(H,37,42)(H,38,41)(H4,33,34,35);(H,6,7)/t21?,22-,23-;/m0./s1. The third-order valence-corrected chi connectivity index (χ3v) is 6.71. The summed E-state index contributed by atoms with van der Waals surface area (Å²) in [6, 6.07) is 13.3. The molecular formula is C31H42F3N9O6. The van der Waals surface area contributed by atoms with Crippen molar-refractivity contribution >= 4 is 47.1 Å². The average Bonchev–Trinajstić information content (AvgIpc) is 3.03. The lowest BCUT2D eigenvalue weighted by molar-refractivity contribution is -0.192. The van der Waals surface area contributed by atoms with Crippen LogP contribution in [0.2, 0.25) is 0 Å². The van der Waals surface area contributed by atoms with Gasteiger partial charge in [0.1, 0.15) is 23.8 Å². The summed E-state index contributed by atoms with van der Waals surface area (Å²) in [4.78, 5) is 65.0. The number of benzene rings is 2. The zero-order valence-electron chi connectivity index (χ0n) is 26.8. The van der Waals surface area contributed by atoms with Crippen molar-refractivity contribution in [3.05, 3.63) is 65.7 Å². The zero-order chi connectivity index (χ0) is 37.1. The monoisotopic (exact) mass is 693 g/mol. The lowest BCUT2D eigenvalue weighted by Gasteiger charge is -2.24. The van der Waals surface area contributed by atoms with Gasteiger partial charge in [0.05, 0.1) is 0 Å². The molecule has 268 valence electrons. The number of carbonyl (C=O) groups excluding carboxylic acids is 4. The molecule has 1 unspecified atom stereocenters. The molecule has 0 bridgehead atoms. The molecule has 3 atom stereocenters. The molecule has 0 heterocycles. The summed E-state index contributed by atoms with van der Waals surface area (Å²) in [5.74, 6) is -6.68.